The summed E-state index contributed by atoms with van der Waals surface area (Å²) in [6, 6.07) is 0. The number of aliphatic imine (C=N–C) groups is 1. The molecule has 0 radical (unpaired) electrons. The molecule has 0 aromatic heterocycles. The first-order valence-electron chi connectivity index (χ1n) is 5.59. The second-order valence-electron chi connectivity index (χ2n) is 4.08. The molecule has 0 fully saturated rings. The summed E-state index contributed by atoms with van der Waals surface area (Å²) in [4.78, 5) is 4.11. The van der Waals surface area contributed by atoms with Crippen LogP contribution in [0.1, 0.15) is 47.0 Å². The molecule has 0 saturated carbocycles. The van der Waals surface area contributed by atoms with Crippen molar-refractivity contribution in [1.82, 2.24) is 0 Å². The minimum absolute atomic E-state index is 0.626. The molecule has 0 rings (SSSR count). The lowest BCUT2D eigenvalue weighted by molar-refractivity contribution is 0.285. The fraction of sp³-hybridized carbons (Fsp3) is 0.917. The van der Waals surface area contributed by atoms with E-state index in [1.54, 1.807) is 0 Å². The molecule has 0 aromatic carbocycles. The molecule has 0 N–H and O–H groups in total. The van der Waals surface area contributed by atoms with Gasteiger partial charge in [0.2, 0.25) is 0 Å². The maximum absolute atomic E-state index is 4.11. The van der Waals surface area contributed by atoms with Gasteiger partial charge in [0.25, 0.3) is 0 Å². The van der Waals surface area contributed by atoms with Crippen LogP contribution in [0.15, 0.2) is 4.99 Å². The van der Waals surface area contributed by atoms with Crippen LogP contribution in [0.25, 0.3) is 0 Å². The molecule has 0 aliphatic rings. The van der Waals surface area contributed by atoms with E-state index < -0.39 is 0 Å². The van der Waals surface area contributed by atoms with Gasteiger partial charge in [0, 0.05) is 13.3 Å². The summed E-state index contributed by atoms with van der Waals surface area (Å²) in [5, 5.41) is 0. The van der Waals surface area contributed by atoms with E-state index in [1.807, 2.05) is 7.05 Å². The lowest BCUT2D eigenvalue weighted by Crippen LogP contribution is -2.19. The lowest BCUT2D eigenvalue weighted by atomic mass is 9.80. The standard InChI is InChI=1S/C12H25N/c1-6-8-12(7-2)11(4)10(3)9-13-5/h9-12H,6-8H2,1-5H3/b13-9+/t10?,11-,12+/m0/s1. The number of hydrogen-bond acceptors (Lipinski definition) is 1. The summed E-state index contributed by atoms with van der Waals surface area (Å²) >= 11 is 0. The number of rotatable bonds is 6. The van der Waals surface area contributed by atoms with Crippen LogP contribution < -0.4 is 0 Å². The Hall–Kier alpha value is -0.330. The zero-order chi connectivity index (χ0) is 10.3. The minimum atomic E-state index is 0.626. The van der Waals surface area contributed by atoms with Crippen molar-refractivity contribution in [3.63, 3.8) is 0 Å². The summed E-state index contributed by atoms with van der Waals surface area (Å²) in [5.74, 6) is 2.27. The molecule has 78 valence electrons. The van der Waals surface area contributed by atoms with Crippen molar-refractivity contribution >= 4 is 6.21 Å². The third kappa shape index (κ3) is 4.44. The van der Waals surface area contributed by atoms with Crippen LogP contribution in [-0.4, -0.2) is 13.3 Å². The smallest absolute Gasteiger partial charge is 0.0273 e. The Morgan fingerprint density at radius 3 is 2.23 bits per heavy atom. The SMILES string of the molecule is CCC[C@@H](CC)[C@@H](C)C(C)/C=N/C. The summed E-state index contributed by atoms with van der Waals surface area (Å²) in [6.07, 6.45) is 6.05. The van der Waals surface area contributed by atoms with Crippen molar-refractivity contribution in [3.8, 4) is 0 Å². The Bertz CT molecular complexity index is 140. The monoisotopic (exact) mass is 183 g/mol. The predicted octanol–water partition coefficient (Wildman–Crippen LogP) is 3.79. The van der Waals surface area contributed by atoms with Gasteiger partial charge in [-0.1, -0.05) is 47.0 Å². The van der Waals surface area contributed by atoms with E-state index in [0.29, 0.717) is 5.92 Å². The molecule has 0 aromatic rings. The van der Waals surface area contributed by atoms with E-state index in [4.69, 9.17) is 0 Å². The Morgan fingerprint density at radius 2 is 1.85 bits per heavy atom. The van der Waals surface area contributed by atoms with Crippen molar-refractivity contribution in [2.75, 3.05) is 7.05 Å². The van der Waals surface area contributed by atoms with Crippen molar-refractivity contribution in [2.45, 2.75) is 47.0 Å². The molecular formula is C12H25N. The normalized spacial score (nSPS) is 18.8. The van der Waals surface area contributed by atoms with Gasteiger partial charge in [0.15, 0.2) is 0 Å². The second kappa shape index (κ2) is 7.11. The van der Waals surface area contributed by atoms with Gasteiger partial charge in [-0.15, -0.1) is 0 Å². The zero-order valence-corrected chi connectivity index (χ0v) is 9.88. The van der Waals surface area contributed by atoms with Gasteiger partial charge in [-0.05, 0) is 17.8 Å². The largest absolute Gasteiger partial charge is 0.301 e. The molecule has 0 aliphatic heterocycles. The molecule has 0 heterocycles. The lowest BCUT2D eigenvalue weighted by Gasteiger charge is -2.25. The van der Waals surface area contributed by atoms with E-state index in [9.17, 15) is 0 Å². The van der Waals surface area contributed by atoms with Crippen LogP contribution in [0.3, 0.4) is 0 Å². The third-order valence-electron chi connectivity index (χ3n) is 3.14. The Morgan fingerprint density at radius 1 is 1.23 bits per heavy atom. The molecule has 1 nitrogen and oxygen atoms in total. The first-order chi connectivity index (χ1) is 6.17. The first kappa shape index (κ1) is 12.7. The van der Waals surface area contributed by atoms with Gasteiger partial charge in [0.1, 0.15) is 0 Å². The Kier molecular flexibility index (Phi) is 6.93. The van der Waals surface area contributed by atoms with Gasteiger partial charge >= 0.3 is 0 Å². The summed E-state index contributed by atoms with van der Waals surface area (Å²) in [6.45, 7) is 9.20. The summed E-state index contributed by atoms with van der Waals surface area (Å²) < 4.78 is 0. The van der Waals surface area contributed by atoms with E-state index in [0.717, 1.165) is 11.8 Å². The maximum atomic E-state index is 4.11. The number of nitrogens with zero attached hydrogens (tertiary/aromatic N) is 1. The van der Waals surface area contributed by atoms with Gasteiger partial charge in [-0.25, -0.2) is 0 Å². The molecule has 0 aliphatic carbocycles. The van der Waals surface area contributed by atoms with Crippen LogP contribution >= 0.6 is 0 Å². The molecule has 1 heteroatoms. The molecule has 0 bridgehead atoms. The fourth-order valence-corrected chi connectivity index (χ4v) is 2.01. The molecule has 13 heavy (non-hydrogen) atoms. The summed E-state index contributed by atoms with van der Waals surface area (Å²) in [5.41, 5.74) is 0. The van der Waals surface area contributed by atoms with Crippen LogP contribution in [0.4, 0.5) is 0 Å². The highest BCUT2D eigenvalue weighted by Gasteiger charge is 2.18. The maximum Gasteiger partial charge on any atom is 0.0273 e. The topological polar surface area (TPSA) is 12.4 Å². The van der Waals surface area contributed by atoms with E-state index in [1.165, 1.54) is 19.3 Å². The van der Waals surface area contributed by atoms with Crippen LogP contribution in [0.5, 0.6) is 0 Å². The molecule has 0 amide bonds. The second-order valence-corrected chi connectivity index (χ2v) is 4.08. The Balaban J connectivity index is 4.09. The zero-order valence-electron chi connectivity index (χ0n) is 9.88. The summed E-state index contributed by atoms with van der Waals surface area (Å²) in [7, 11) is 1.87. The highest BCUT2D eigenvalue weighted by molar-refractivity contribution is 5.60. The molecule has 0 spiro atoms. The van der Waals surface area contributed by atoms with E-state index in [2.05, 4.69) is 38.9 Å². The quantitative estimate of drug-likeness (QED) is 0.556. The highest BCUT2D eigenvalue weighted by atomic mass is 14.6. The van der Waals surface area contributed by atoms with Crippen LogP contribution in [-0.2, 0) is 0 Å². The molecular weight excluding hydrogens is 158 g/mol. The fourth-order valence-electron chi connectivity index (χ4n) is 2.01. The molecule has 0 saturated heterocycles. The average molecular weight is 183 g/mol. The van der Waals surface area contributed by atoms with Crippen molar-refractivity contribution in [2.24, 2.45) is 22.7 Å². The van der Waals surface area contributed by atoms with Gasteiger partial charge in [0.05, 0.1) is 0 Å². The van der Waals surface area contributed by atoms with Gasteiger partial charge in [-0.3, -0.25) is 0 Å². The minimum Gasteiger partial charge on any atom is -0.301 e. The van der Waals surface area contributed by atoms with Crippen molar-refractivity contribution in [3.05, 3.63) is 0 Å². The first-order valence-corrected chi connectivity index (χ1v) is 5.59. The van der Waals surface area contributed by atoms with E-state index in [-0.39, 0.29) is 0 Å². The van der Waals surface area contributed by atoms with Crippen molar-refractivity contribution in [1.29, 1.82) is 0 Å². The number of hydrogen-bond donors (Lipinski definition) is 0. The highest BCUT2D eigenvalue weighted by Crippen LogP contribution is 2.26. The predicted molar refractivity (Wildman–Crippen MR) is 61.4 cm³/mol. The molecule has 1 unspecified atom stereocenters. The van der Waals surface area contributed by atoms with E-state index >= 15 is 0 Å². The van der Waals surface area contributed by atoms with Crippen LogP contribution in [0.2, 0.25) is 0 Å². The van der Waals surface area contributed by atoms with Gasteiger partial charge < -0.3 is 4.99 Å². The third-order valence-corrected chi connectivity index (χ3v) is 3.14. The van der Waals surface area contributed by atoms with Crippen LogP contribution in [0, 0.1) is 17.8 Å². The van der Waals surface area contributed by atoms with Gasteiger partial charge in [-0.2, -0.15) is 0 Å². The Labute approximate surface area is 83.6 Å². The molecule has 3 atom stereocenters. The average Bonchev–Trinajstić information content (AvgIpc) is 2.13. The van der Waals surface area contributed by atoms with Crippen molar-refractivity contribution < 1.29 is 0 Å².